The van der Waals surface area contributed by atoms with Crippen LogP contribution >= 0.6 is 0 Å². The summed E-state index contributed by atoms with van der Waals surface area (Å²) in [5.74, 6) is 1.03. The molecule has 1 fully saturated rings. The van der Waals surface area contributed by atoms with Crippen molar-refractivity contribution in [1.29, 1.82) is 0 Å². The Morgan fingerprint density at radius 1 is 1.14 bits per heavy atom. The van der Waals surface area contributed by atoms with Crippen LogP contribution in [0.1, 0.15) is 24.0 Å². The van der Waals surface area contributed by atoms with E-state index >= 15 is 0 Å². The molecule has 0 saturated heterocycles. The van der Waals surface area contributed by atoms with Crippen LogP contribution in [0.15, 0.2) is 53.5 Å². The van der Waals surface area contributed by atoms with E-state index in [2.05, 4.69) is 20.9 Å². The molecule has 1 aliphatic rings. The number of halogens is 1. The minimum absolute atomic E-state index is 0.0278. The molecule has 0 aromatic heterocycles. The summed E-state index contributed by atoms with van der Waals surface area (Å²) in [5, 5.41) is 9.40. The van der Waals surface area contributed by atoms with Crippen molar-refractivity contribution in [2.45, 2.75) is 31.8 Å². The van der Waals surface area contributed by atoms with Gasteiger partial charge in [0.2, 0.25) is 0 Å². The Balaban J connectivity index is 1.40. The average Bonchev–Trinajstić information content (AvgIpc) is 3.54. The fourth-order valence-electron chi connectivity index (χ4n) is 2.77. The Morgan fingerprint density at radius 3 is 2.66 bits per heavy atom. The topological polar surface area (TPSA) is 74.8 Å². The summed E-state index contributed by atoms with van der Waals surface area (Å²) >= 11 is 0. The lowest BCUT2D eigenvalue weighted by atomic mass is 10.1. The summed E-state index contributed by atoms with van der Waals surface area (Å²) in [5.41, 5.74) is 2.08. The van der Waals surface area contributed by atoms with Crippen molar-refractivity contribution in [2.75, 3.05) is 20.2 Å². The fraction of sp³-hybridized carbons (Fsp3) is 0.364. The Labute approximate surface area is 170 Å². The summed E-state index contributed by atoms with van der Waals surface area (Å²) in [4.78, 5) is 15.9. The van der Waals surface area contributed by atoms with Crippen molar-refractivity contribution < 1.29 is 13.9 Å². The van der Waals surface area contributed by atoms with Gasteiger partial charge in [0.15, 0.2) is 12.6 Å². The second-order valence-electron chi connectivity index (χ2n) is 7.01. The first-order chi connectivity index (χ1) is 14.1. The van der Waals surface area contributed by atoms with Gasteiger partial charge in [0.1, 0.15) is 11.6 Å². The molecule has 154 valence electrons. The molecule has 6 nitrogen and oxygen atoms in total. The first kappa shape index (κ1) is 20.6. The van der Waals surface area contributed by atoms with Crippen molar-refractivity contribution in [3.05, 3.63) is 65.5 Å². The van der Waals surface area contributed by atoms with Gasteiger partial charge in [-0.15, -0.1) is 0 Å². The molecule has 29 heavy (non-hydrogen) atoms. The zero-order valence-electron chi connectivity index (χ0n) is 16.6. The molecule has 0 bridgehead atoms. The van der Waals surface area contributed by atoms with Crippen molar-refractivity contribution >= 4 is 11.9 Å². The molecule has 2 aromatic carbocycles. The third-order valence-corrected chi connectivity index (χ3v) is 4.51. The molecular weight excluding hydrogens is 371 g/mol. The first-order valence-corrected chi connectivity index (χ1v) is 9.82. The zero-order chi connectivity index (χ0) is 20.5. The van der Waals surface area contributed by atoms with E-state index in [0.29, 0.717) is 30.8 Å². The molecule has 3 N–H and O–H groups in total. The molecule has 2 aromatic rings. The van der Waals surface area contributed by atoms with Gasteiger partial charge in [-0.05, 0) is 54.7 Å². The van der Waals surface area contributed by atoms with E-state index in [1.807, 2.05) is 24.3 Å². The molecule has 1 saturated carbocycles. The second-order valence-corrected chi connectivity index (χ2v) is 7.01. The summed E-state index contributed by atoms with van der Waals surface area (Å²) in [6.07, 6.45) is 2.89. The molecule has 0 atom stereocenters. The molecule has 0 spiro atoms. The maximum Gasteiger partial charge on any atom is 0.258 e. The zero-order valence-corrected chi connectivity index (χ0v) is 16.6. The highest BCUT2D eigenvalue weighted by Crippen LogP contribution is 2.18. The van der Waals surface area contributed by atoms with Gasteiger partial charge in [-0.25, -0.2) is 4.39 Å². The maximum absolute atomic E-state index is 12.9. The molecular formula is C22H27FN4O2. The number of nitrogens with zero attached hydrogens (tertiary/aromatic N) is 1. The summed E-state index contributed by atoms with van der Waals surface area (Å²) in [6, 6.07) is 14.5. The van der Waals surface area contributed by atoms with Gasteiger partial charge in [0.05, 0.1) is 0 Å². The minimum atomic E-state index is -0.228. The molecule has 7 heteroatoms. The lowest BCUT2D eigenvalue weighted by molar-refractivity contribution is -0.123. The SMILES string of the molecule is CN=C(NCCc1ccc(F)cc1)NCc1cccc(OCC(=O)NC2CC2)c1. The Bertz CT molecular complexity index is 835. The van der Waals surface area contributed by atoms with Crippen molar-refractivity contribution in [3.63, 3.8) is 0 Å². The van der Waals surface area contributed by atoms with E-state index in [-0.39, 0.29) is 18.3 Å². The fourth-order valence-corrected chi connectivity index (χ4v) is 2.77. The molecule has 0 radical (unpaired) electrons. The highest BCUT2D eigenvalue weighted by atomic mass is 19.1. The van der Waals surface area contributed by atoms with Crippen LogP contribution in [0.2, 0.25) is 0 Å². The normalized spacial score (nSPS) is 13.7. The van der Waals surface area contributed by atoms with Crippen LogP contribution < -0.4 is 20.7 Å². The summed E-state index contributed by atoms with van der Waals surface area (Å²) in [7, 11) is 1.71. The van der Waals surface area contributed by atoms with Gasteiger partial charge < -0.3 is 20.7 Å². The number of ether oxygens (including phenoxy) is 1. The van der Waals surface area contributed by atoms with Crippen molar-refractivity contribution in [3.8, 4) is 5.75 Å². The van der Waals surface area contributed by atoms with E-state index in [0.717, 1.165) is 30.4 Å². The van der Waals surface area contributed by atoms with E-state index in [1.54, 1.807) is 19.2 Å². The Hall–Kier alpha value is -3.09. The molecule has 0 unspecified atom stereocenters. The molecule has 3 rings (SSSR count). The van der Waals surface area contributed by atoms with E-state index in [4.69, 9.17) is 4.74 Å². The predicted molar refractivity (Wildman–Crippen MR) is 111 cm³/mol. The van der Waals surface area contributed by atoms with E-state index < -0.39 is 0 Å². The van der Waals surface area contributed by atoms with E-state index in [1.165, 1.54) is 12.1 Å². The first-order valence-electron chi connectivity index (χ1n) is 9.82. The van der Waals surface area contributed by atoms with Crippen LogP contribution in [0, 0.1) is 5.82 Å². The molecule has 1 amide bonds. The highest BCUT2D eigenvalue weighted by molar-refractivity contribution is 5.79. The average molecular weight is 398 g/mol. The van der Waals surface area contributed by atoms with Gasteiger partial charge in [-0.2, -0.15) is 0 Å². The van der Waals surface area contributed by atoms with Crippen molar-refractivity contribution in [1.82, 2.24) is 16.0 Å². The molecule has 0 heterocycles. The van der Waals surface area contributed by atoms with Gasteiger partial charge >= 0.3 is 0 Å². The van der Waals surface area contributed by atoms with Gasteiger partial charge in [0.25, 0.3) is 5.91 Å². The van der Waals surface area contributed by atoms with Gasteiger partial charge in [-0.3, -0.25) is 9.79 Å². The highest BCUT2D eigenvalue weighted by Gasteiger charge is 2.23. The minimum Gasteiger partial charge on any atom is -0.484 e. The van der Waals surface area contributed by atoms with Crippen LogP contribution in [0.5, 0.6) is 5.75 Å². The lowest BCUT2D eigenvalue weighted by Gasteiger charge is -2.13. The second kappa shape index (κ2) is 10.5. The summed E-state index contributed by atoms with van der Waals surface area (Å²) in [6.45, 7) is 1.28. The number of benzene rings is 2. The smallest absolute Gasteiger partial charge is 0.258 e. The van der Waals surface area contributed by atoms with Crippen LogP contribution in [-0.2, 0) is 17.8 Å². The Kier molecular flexibility index (Phi) is 7.44. The number of nitrogens with one attached hydrogen (secondary N) is 3. The summed E-state index contributed by atoms with van der Waals surface area (Å²) < 4.78 is 18.5. The third-order valence-electron chi connectivity index (χ3n) is 4.51. The monoisotopic (exact) mass is 398 g/mol. The maximum atomic E-state index is 12.9. The van der Waals surface area contributed by atoms with Crippen LogP contribution in [0.4, 0.5) is 4.39 Å². The van der Waals surface area contributed by atoms with Crippen molar-refractivity contribution in [2.24, 2.45) is 4.99 Å². The number of hydrogen-bond donors (Lipinski definition) is 3. The predicted octanol–water partition coefficient (Wildman–Crippen LogP) is 2.39. The number of aliphatic imine (C=N–C) groups is 1. The number of carbonyl (C=O) groups excluding carboxylic acids is 1. The molecule has 1 aliphatic carbocycles. The lowest BCUT2D eigenvalue weighted by Crippen LogP contribution is -2.37. The quantitative estimate of drug-likeness (QED) is 0.448. The standard InChI is InChI=1S/C22H27FN4O2/c1-24-22(25-12-11-16-5-7-18(23)8-6-16)26-14-17-3-2-4-20(13-17)29-15-21(28)27-19-9-10-19/h2-8,13,19H,9-12,14-15H2,1H3,(H,27,28)(H2,24,25,26). The van der Waals surface area contributed by atoms with Gasteiger partial charge in [0, 0.05) is 26.2 Å². The largest absolute Gasteiger partial charge is 0.484 e. The Morgan fingerprint density at radius 2 is 1.93 bits per heavy atom. The number of guanidine groups is 1. The number of carbonyl (C=O) groups is 1. The van der Waals surface area contributed by atoms with E-state index in [9.17, 15) is 9.18 Å². The third kappa shape index (κ3) is 7.44. The van der Waals surface area contributed by atoms with Crippen LogP contribution in [0.25, 0.3) is 0 Å². The molecule has 0 aliphatic heterocycles. The van der Waals surface area contributed by atoms with Crippen LogP contribution in [0.3, 0.4) is 0 Å². The number of amides is 1. The van der Waals surface area contributed by atoms with Crippen LogP contribution in [-0.4, -0.2) is 38.1 Å². The number of rotatable bonds is 9. The van der Waals surface area contributed by atoms with Gasteiger partial charge in [-0.1, -0.05) is 24.3 Å². The number of hydrogen-bond acceptors (Lipinski definition) is 3.